The number of amidine groups is 1. The van der Waals surface area contributed by atoms with Gasteiger partial charge in [0.05, 0.1) is 0 Å². The summed E-state index contributed by atoms with van der Waals surface area (Å²) in [6.07, 6.45) is -2.21. The molecule has 8 heteroatoms. The van der Waals surface area contributed by atoms with Gasteiger partial charge in [-0.2, -0.15) is 0 Å². The van der Waals surface area contributed by atoms with Crippen molar-refractivity contribution < 1.29 is 23.1 Å². The molecule has 1 saturated carbocycles. The lowest BCUT2D eigenvalue weighted by molar-refractivity contribution is 0.00147. The fourth-order valence-corrected chi connectivity index (χ4v) is 5.26. The summed E-state index contributed by atoms with van der Waals surface area (Å²) in [5.41, 5.74) is -2.14. The van der Waals surface area contributed by atoms with Crippen molar-refractivity contribution in [2.45, 2.75) is 50.6 Å². The van der Waals surface area contributed by atoms with E-state index in [2.05, 4.69) is 4.99 Å². The van der Waals surface area contributed by atoms with Gasteiger partial charge in [0.15, 0.2) is 5.17 Å². The molecule has 142 valence electrons. The Bertz CT molecular complexity index is 763. The number of alkyl halides is 2. The summed E-state index contributed by atoms with van der Waals surface area (Å²) in [5.74, 6) is -3.85. The highest BCUT2D eigenvalue weighted by Gasteiger charge is 2.60. The van der Waals surface area contributed by atoms with Gasteiger partial charge in [0, 0.05) is 35.6 Å². The van der Waals surface area contributed by atoms with Gasteiger partial charge in [-0.25, -0.2) is 23.0 Å². The van der Waals surface area contributed by atoms with Gasteiger partial charge in [-0.05, 0) is 26.8 Å². The number of hydrogen-bond donors (Lipinski definition) is 1. The third kappa shape index (κ3) is 3.19. The number of carbonyl (C=O) groups is 1. The molecule has 0 spiro atoms. The summed E-state index contributed by atoms with van der Waals surface area (Å²) < 4.78 is 43.1. The van der Waals surface area contributed by atoms with E-state index in [-0.39, 0.29) is 22.9 Å². The molecule has 3 rings (SSSR count). The molecule has 2 aliphatic rings. The Kier molecular flexibility index (Phi) is 4.53. The lowest BCUT2D eigenvalue weighted by Crippen LogP contribution is -2.50. The molecule has 1 aromatic rings. The number of fused-ring (bicyclic) bond motifs is 1. The topological polar surface area (TPSA) is 52.9 Å². The molecule has 1 fully saturated rings. The summed E-state index contributed by atoms with van der Waals surface area (Å²) >= 11 is 1.14. The van der Waals surface area contributed by atoms with Crippen LogP contribution in [0.5, 0.6) is 0 Å². The largest absolute Gasteiger partial charge is 0.465 e. The van der Waals surface area contributed by atoms with Crippen LogP contribution in [0.1, 0.15) is 39.2 Å². The van der Waals surface area contributed by atoms with E-state index in [0.29, 0.717) is 0 Å². The maximum atomic E-state index is 14.5. The van der Waals surface area contributed by atoms with E-state index in [9.17, 15) is 23.1 Å². The van der Waals surface area contributed by atoms with Crippen LogP contribution in [-0.2, 0) is 5.54 Å². The van der Waals surface area contributed by atoms with Crippen LogP contribution in [0.4, 0.5) is 18.0 Å². The number of thioether (sulfide) groups is 1. The third-order valence-corrected chi connectivity index (χ3v) is 5.95. The summed E-state index contributed by atoms with van der Waals surface area (Å²) in [6, 6.07) is 5.80. The lowest BCUT2D eigenvalue weighted by atomic mass is 9.81. The molecule has 1 aliphatic carbocycles. The molecular formula is C18H21F3N2O2S. The van der Waals surface area contributed by atoms with E-state index >= 15 is 0 Å². The van der Waals surface area contributed by atoms with Gasteiger partial charge in [0.1, 0.15) is 11.4 Å². The molecule has 0 unspecified atom stereocenters. The molecule has 1 aromatic carbocycles. The molecule has 4 nitrogen and oxygen atoms in total. The highest BCUT2D eigenvalue weighted by Crippen LogP contribution is 2.57. The molecule has 1 aliphatic heterocycles. The minimum absolute atomic E-state index is 0.110. The van der Waals surface area contributed by atoms with Crippen molar-refractivity contribution in [3.8, 4) is 0 Å². The number of halogens is 3. The van der Waals surface area contributed by atoms with Crippen molar-refractivity contribution in [1.29, 1.82) is 0 Å². The van der Waals surface area contributed by atoms with Crippen LogP contribution in [0.2, 0.25) is 0 Å². The quantitative estimate of drug-likeness (QED) is 0.743. The van der Waals surface area contributed by atoms with Crippen molar-refractivity contribution in [2.75, 3.05) is 5.75 Å². The number of hydrogen-bond acceptors (Lipinski definition) is 3. The van der Waals surface area contributed by atoms with Crippen molar-refractivity contribution in [3.05, 3.63) is 35.6 Å². The number of carboxylic acid groups (broad SMARTS) is 1. The van der Waals surface area contributed by atoms with Gasteiger partial charge >= 0.3 is 6.09 Å². The first-order valence-electron chi connectivity index (χ1n) is 8.35. The standard InChI is InChI=1S/C18H21F3N2O2S/c1-16(2,3)23(15(24)25)14-22-18(12-6-4-5-7-13(12)19)10-17(20,21)8-11(18)9-26-14/h4-7,11H,8-10H2,1-3H3,(H,24,25)/t11-,18-/m0/s1. The van der Waals surface area contributed by atoms with Crippen molar-refractivity contribution in [3.63, 3.8) is 0 Å². The van der Waals surface area contributed by atoms with Crippen molar-refractivity contribution in [1.82, 2.24) is 4.90 Å². The molecule has 2 atom stereocenters. The molecule has 0 radical (unpaired) electrons. The van der Waals surface area contributed by atoms with Crippen molar-refractivity contribution >= 4 is 23.0 Å². The van der Waals surface area contributed by atoms with E-state index < -0.39 is 41.2 Å². The van der Waals surface area contributed by atoms with E-state index in [1.807, 2.05) is 0 Å². The highest BCUT2D eigenvalue weighted by molar-refractivity contribution is 8.13. The summed E-state index contributed by atoms with van der Waals surface area (Å²) in [4.78, 5) is 17.4. The first-order chi connectivity index (χ1) is 12.0. The molecular weight excluding hydrogens is 365 g/mol. The number of rotatable bonds is 1. The SMILES string of the molecule is CC(C)(C)N(C(=O)O)C1=N[C@@]2(c3ccccc3F)CC(F)(F)C[C@H]2CS1. The maximum absolute atomic E-state index is 14.5. The number of amides is 1. The Morgan fingerprint density at radius 2 is 2.00 bits per heavy atom. The number of benzene rings is 1. The van der Waals surface area contributed by atoms with Crippen LogP contribution >= 0.6 is 11.8 Å². The van der Waals surface area contributed by atoms with E-state index in [1.54, 1.807) is 26.8 Å². The maximum Gasteiger partial charge on any atom is 0.413 e. The second-order valence-corrected chi connectivity index (χ2v) is 8.82. The zero-order chi connectivity index (χ0) is 19.3. The van der Waals surface area contributed by atoms with Gasteiger partial charge < -0.3 is 5.11 Å². The second-order valence-electron chi connectivity index (χ2n) is 7.83. The average Bonchev–Trinajstić information content (AvgIpc) is 2.76. The second kappa shape index (κ2) is 6.18. The van der Waals surface area contributed by atoms with Gasteiger partial charge in [-0.3, -0.25) is 4.90 Å². The Hall–Kier alpha value is -1.70. The molecule has 0 aromatic heterocycles. The number of aliphatic imine (C=N–C) groups is 1. The van der Waals surface area contributed by atoms with E-state index in [4.69, 9.17) is 0 Å². The van der Waals surface area contributed by atoms with Gasteiger partial charge in [-0.1, -0.05) is 30.0 Å². The molecule has 26 heavy (non-hydrogen) atoms. The van der Waals surface area contributed by atoms with Gasteiger partial charge in [0.25, 0.3) is 5.92 Å². The van der Waals surface area contributed by atoms with Crippen LogP contribution in [0, 0.1) is 11.7 Å². The van der Waals surface area contributed by atoms with Crippen LogP contribution in [0.15, 0.2) is 29.3 Å². The normalized spacial score (nSPS) is 27.6. The lowest BCUT2D eigenvalue weighted by Gasteiger charge is -2.41. The zero-order valence-electron chi connectivity index (χ0n) is 14.8. The Morgan fingerprint density at radius 1 is 1.35 bits per heavy atom. The van der Waals surface area contributed by atoms with Crippen LogP contribution < -0.4 is 0 Å². The monoisotopic (exact) mass is 386 g/mol. The Balaban J connectivity index is 2.18. The molecule has 1 amide bonds. The molecule has 0 bridgehead atoms. The summed E-state index contributed by atoms with van der Waals surface area (Å²) in [5, 5.41) is 9.76. The fraction of sp³-hybridized carbons (Fsp3) is 0.556. The molecule has 0 saturated heterocycles. The Labute approximate surface area is 154 Å². The summed E-state index contributed by atoms with van der Waals surface area (Å²) in [6.45, 7) is 5.11. The molecule has 1 N–H and O–H groups in total. The van der Waals surface area contributed by atoms with Crippen LogP contribution in [-0.4, -0.2) is 38.5 Å². The Morgan fingerprint density at radius 3 is 2.58 bits per heavy atom. The summed E-state index contributed by atoms with van der Waals surface area (Å²) in [7, 11) is 0. The van der Waals surface area contributed by atoms with E-state index in [0.717, 1.165) is 16.7 Å². The van der Waals surface area contributed by atoms with Gasteiger partial charge in [0.2, 0.25) is 0 Å². The average molecular weight is 386 g/mol. The smallest absolute Gasteiger partial charge is 0.413 e. The first-order valence-corrected chi connectivity index (χ1v) is 9.33. The number of nitrogens with zero attached hydrogens (tertiary/aromatic N) is 2. The van der Waals surface area contributed by atoms with Crippen molar-refractivity contribution in [2.24, 2.45) is 10.9 Å². The predicted octanol–water partition coefficient (Wildman–Crippen LogP) is 4.95. The predicted molar refractivity (Wildman–Crippen MR) is 95.3 cm³/mol. The highest BCUT2D eigenvalue weighted by atomic mass is 32.2. The van der Waals surface area contributed by atoms with Crippen LogP contribution in [0.3, 0.4) is 0 Å². The first kappa shape index (κ1) is 19.1. The van der Waals surface area contributed by atoms with E-state index in [1.165, 1.54) is 18.2 Å². The third-order valence-electron chi connectivity index (χ3n) is 4.85. The van der Waals surface area contributed by atoms with Gasteiger partial charge in [-0.15, -0.1) is 0 Å². The fourth-order valence-electron chi connectivity index (χ4n) is 3.80. The minimum Gasteiger partial charge on any atom is -0.465 e. The van der Waals surface area contributed by atoms with Crippen LogP contribution in [0.25, 0.3) is 0 Å². The zero-order valence-corrected chi connectivity index (χ0v) is 15.6. The minimum atomic E-state index is -2.97. The molecule has 1 heterocycles.